The van der Waals surface area contributed by atoms with Crippen molar-refractivity contribution >= 4 is 37.8 Å². The first-order chi connectivity index (χ1) is 9.60. The second kappa shape index (κ2) is 7.21. The lowest BCUT2D eigenvalue weighted by atomic mass is 10.0. The molecular formula is C14H15Br2N3O. The van der Waals surface area contributed by atoms with Gasteiger partial charge in [-0.2, -0.15) is 5.26 Å². The van der Waals surface area contributed by atoms with E-state index in [0.29, 0.717) is 12.1 Å². The summed E-state index contributed by atoms with van der Waals surface area (Å²) in [4.78, 5) is 14.4. The molecule has 0 saturated carbocycles. The molecule has 0 aromatic heterocycles. The highest BCUT2D eigenvalue weighted by molar-refractivity contribution is 9.11. The van der Waals surface area contributed by atoms with Crippen LogP contribution in [-0.2, 0) is 0 Å². The topological polar surface area (TPSA) is 56.1 Å². The van der Waals surface area contributed by atoms with E-state index in [1.54, 1.807) is 0 Å². The quantitative estimate of drug-likeness (QED) is 0.793. The van der Waals surface area contributed by atoms with Gasteiger partial charge in [0.25, 0.3) is 5.91 Å². The summed E-state index contributed by atoms with van der Waals surface area (Å²) in [5, 5.41) is 11.7. The van der Waals surface area contributed by atoms with E-state index in [0.717, 1.165) is 34.9 Å². The van der Waals surface area contributed by atoms with Crippen LogP contribution in [0, 0.1) is 11.3 Å². The smallest absolute Gasteiger partial charge is 0.252 e. The lowest BCUT2D eigenvalue weighted by Crippen LogP contribution is -2.44. The van der Waals surface area contributed by atoms with Gasteiger partial charge in [-0.15, -0.1) is 0 Å². The van der Waals surface area contributed by atoms with Gasteiger partial charge in [0.1, 0.15) is 0 Å². The van der Waals surface area contributed by atoms with Gasteiger partial charge in [-0.1, -0.05) is 15.9 Å². The summed E-state index contributed by atoms with van der Waals surface area (Å²) in [7, 11) is 0. The fourth-order valence-corrected chi connectivity index (χ4v) is 3.06. The molecule has 0 radical (unpaired) electrons. The third-order valence-corrected chi connectivity index (χ3v) is 4.57. The normalized spacial score (nSPS) is 16.6. The predicted molar refractivity (Wildman–Crippen MR) is 84.4 cm³/mol. The predicted octanol–water partition coefficient (Wildman–Crippen LogP) is 2.93. The number of likely N-dealkylation sites (tertiary alicyclic amines) is 1. The van der Waals surface area contributed by atoms with E-state index in [4.69, 9.17) is 5.26 Å². The summed E-state index contributed by atoms with van der Waals surface area (Å²) in [5.41, 5.74) is 0.638. The summed E-state index contributed by atoms with van der Waals surface area (Å²) in [5.74, 6) is -0.0584. The van der Waals surface area contributed by atoms with Gasteiger partial charge >= 0.3 is 0 Å². The number of amides is 1. The number of piperidine rings is 1. The van der Waals surface area contributed by atoms with Crippen LogP contribution in [0.15, 0.2) is 27.1 Å². The summed E-state index contributed by atoms with van der Waals surface area (Å²) >= 11 is 6.78. The second-order valence-corrected chi connectivity index (χ2v) is 6.58. The van der Waals surface area contributed by atoms with Gasteiger partial charge in [0.2, 0.25) is 0 Å². The van der Waals surface area contributed by atoms with Crippen LogP contribution in [-0.4, -0.2) is 36.5 Å². The van der Waals surface area contributed by atoms with Gasteiger partial charge < -0.3 is 5.32 Å². The van der Waals surface area contributed by atoms with Crippen molar-refractivity contribution in [2.75, 3.05) is 19.6 Å². The Balaban J connectivity index is 1.93. The average molecular weight is 401 g/mol. The molecule has 0 bridgehead atoms. The Labute approximate surface area is 135 Å². The van der Waals surface area contributed by atoms with Crippen LogP contribution in [0.1, 0.15) is 23.2 Å². The fraction of sp³-hybridized carbons (Fsp3) is 0.429. The van der Waals surface area contributed by atoms with Crippen molar-refractivity contribution in [3.05, 3.63) is 32.7 Å². The minimum atomic E-state index is -0.0584. The zero-order chi connectivity index (χ0) is 14.5. The number of carbonyl (C=O) groups is 1. The number of nitriles is 1. The molecule has 0 aliphatic carbocycles. The SMILES string of the molecule is N#CCN1CCC(NC(=O)c2cc(Br)ccc2Br)CC1. The largest absolute Gasteiger partial charge is 0.349 e. The monoisotopic (exact) mass is 399 g/mol. The lowest BCUT2D eigenvalue weighted by molar-refractivity contribution is 0.0913. The zero-order valence-electron chi connectivity index (χ0n) is 10.9. The Kier molecular flexibility index (Phi) is 5.58. The average Bonchev–Trinajstić information content (AvgIpc) is 2.44. The molecule has 2 rings (SSSR count). The summed E-state index contributed by atoms with van der Waals surface area (Å²) in [6.45, 7) is 2.19. The minimum absolute atomic E-state index is 0.0584. The van der Waals surface area contributed by atoms with Crippen LogP contribution in [0.3, 0.4) is 0 Å². The number of nitrogens with zero attached hydrogens (tertiary/aromatic N) is 2. The molecule has 0 atom stereocenters. The summed E-state index contributed by atoms with van der Waals surface area (Å²) in [6, 6.07) is 7.90. The molecule has 6 heteroatoms. The number of nitrogens with one attached hydrogen (secondary N) is 1. The van der Waals surface area contributed by atoms with Gasteiger partial charge in [-0.25, -0.2) is 0 Å². The highest BCUT2D eigenvalue weighted by Crippen LogP contribution is 2.22. The molecular weight excluding hydrogens is 386 g/mol. The molecule has 1 heterocycles. The van der Waals surface area contributed by atoms with E-state index in [9.17, 15) is 4.79 Å². The van der Waals surface area contributed by atoms with Gasteiger partial charge in [-0.3, -0.25) is 9.69 Å². The molecule has 1 aliphatic rings. The van der Waals surface area contributed by atoms with E-state index >= 15 is 0 Å². The molecule has 1 aromatic carbocycles. The van der Waals surface area contributed by atoms with Crippen molar-refractivity contribution in [2.24, 2.45) is 0 Å². The van der Waals surface area contributed by atoms with Crippen LogP contribution < -0.4 is 5.32 Å². The Hall–Kier alpha value is -0.900. The Morgan fingerprint density at radius 1 is 1.40 bits per heavy atom. The highest BCUT2D eigenvalue weighted by Gasteiger charge is 2.21. The fourth-order valence-electron chi connectivity index (χ4n) is 2.27. The number of carbonyl (C=O) groups excluding carboxylic acids is 1. The van der Waals surface area contributed by atoms with Crippen molar-refractivity contribution < 1.29 is 4.79 Å². The van der Waals surface area contributed by atoms with Crippen LogP contribution in [0.4, 0.5) is 0 Å². The van der Waals surface area contributed by atoms with E-state index in [-0.39, 0.29) is 11.9 Å². The Morgan fingerprint density at radius 2 is 2.10 bits per heavy atom. The summed E-state index contributed by atoms with van der Waals surface area (Å²) < 4.78 is 1.68. The van der Waals surface area contributed by atoms with Crippen LogP contribution >= 0.6 is 31.9 Å². The summed E-state index contributed by atoms with van der Waals surface area (Å²) in [6.07, 6.45) is 1.78. The van der Waals surface area contributed by atoms with E-state index in [1.165, 1.54) is 0 Å². The first-order valence-electron chi connectivity index (χ1n) is 6.45. The van der Waals surface area contributed by atoms with Crippen molar-refractivity contribution in [1.29, 1.82) is 5.26 Å². The van der Waals surface area contributed by atoms with Gasteiger partial charge in [0.05, 0.1) is 18.2 Å². The Bertz CT molecular complexity index is 534. The van der Waals surface area contributed by atoms with Crippen LogP contribution in [0.2, 0.25) is 0 Å². The molecule has 0 unspecified atom stereocenters. The second-order valence-electron chi connectivity index (χ2n) is 4.81. The maximum atomic E-state index is 12.3. The number of rotatable bonds is 3. The van der Waals surface area contributed by atoms with Gasteiger partial charge in [-0.05, 0) is 47.0 Å². The maximum Gasteiger partial charge on any atom is 0.252 e. The first kappa shape index (κ1) is 15.5. The molecule has 1 aromatic rings. The lowest BCUT2D eigenvalue weighted by Gasteiger charge is -2.30. The minimum Gasteiger partial charge on any atom is -0.349 e. The molecule has 20 heavy (non-hydrogen) atoms. The number of hydrogen-bond donors (Lipinski definition) is 1. The van der Waals surface area contributed by atoms with E-state index in [2.05, 4.69) is 48.1 Å². The first-order valence-corrected chi connectivity index (χ1v) is 8.04. The zero-order valence-corrected chi connectivity index (χ0v) is 14.1. The van der Waals surface area contributed by atoms with Gasteiger partial charge in [0.15, 0.2) is 0 Å². The maximum absolute atomic E-state index is 12.3. The molecule has 106 valence electrons. The standard InChI is InChI=1S/C14H15Br2N3O/c15-10-1-2-13(16)12(9-10)14(20)18-11-3-6-19(7-4-11)8-5-17/h1-2,9,11H,3-4,6-8H2,(H,18,20). The molecule has 1 aliphatic heterocycles. The number of halogens is 2. The molecule has 1 saturated heterocycles. The van der Waals surface area contributed by atoms with Crippen LogP contribution in [0.5, 0.6) is 0 Å². The third kappa shape index (κ3) is 4.05. The van der Waals surface area contributed by atoms with E-state index in [1.807, 2.05) is 18.2 Å². The number of benzene rings is 1. The molecule has 1 amide bonds. The van der Waals surface area contributed by atoms with Crippen molar-refractivity contribution in [3.8, 4) is 6.07 Å². The third-order valence-electron chi connectivity index (χ3n) is 3.39. The molecule has 0 spiro atoms. The van der Waals surface area contributed by atoms with Crippen molar-refractivity contribution in [2.45, 2.75) is 18.9 Å². The molecule has 1 N–H and O–H groups in total. The highest BCUT2D eigenvalue weighted by atomic mass is 79.9. The van der Waals surface area contributed by atoms with Gasteiger partial charge in [0, 0.05) is 28.1 Å². The molecule has 4 nitrogen and oxygen atoms in total. The van der Waals surface area contributed by atoms with Crippen molar-refractivity contribution in [3.63, 3.8) is 0 Å². The molecule has 1 fully saturated rings. The Morgan fingerprint density at radius 3 is 2.75 bits per heavy atom. The van der Waals surface area contributed by atoms with Crippen LogP contribution in [0.25, 0.3) is 0 Å². The van der Waals surface area contributed by atoms with E-state index < -0.39 is 0 Å². The number of hydrogen-bond acceptors (Lipinski definition) is 3. The van der Waals surface area contributed by atoms with Crippen molar-refractivity contribution in [1.82, 2.24) is 10.2 Å².